The molecule has 3 rings (SSSR count). The van der Waals surface area contributed by atoms with E-state index in [0.29, 0.717) is 18.0 Å². The number of carbonyl (C=O) groups excluding carboxylic acids is 1. The average molecular weight is 282 g/mol. The molecule has 0 unspecified atom stereocenters. The summed E-state index contributed by atoms with van der Waals surface area (Å²) in [4.78, 5) is 16.0. The standard InChI is InChI=1S/C17H18N2O2/c20-17(14-6-9-18-10-7-14)19-12-15-8-11-21-16(15)13-4-2-1-3-5-13/h1-7,9-10,15-16H,8,11-12H2,(H,19,20)/t15-,16-/m0/s1. The van der Waals surface area contributed by atoms with Crippen LogP contribution in [0.25, 0.3) is 0 Å². The van der Waals surface area contributed by atoms with Crippen LogP contribution in [0.2, 0.25) is 0 Å². The minimum absolute atomic E-state index is 0.0592. The maximum Gasteiger partial charge on any atom is 0.251 e. The Labute approximate surface area is 124 Å². The first-order valence-corrected chi connectivity index (χ1v) is 7.19. The Bertz CT molecular complexity index is 586. The van der Waals surface area contributed by atoms with Crippen molar-refractivity contribution in [2.75, 3.05) is 13.2 Å². The molecule has 1 aromatic carbocycles. The third-order valence-corrected chi connectivity index (χ3v) is 3.81. The molecule has 4 heteroatoms. The van der Waals surface area contributed by atoms with Crippen molar-refractivity contribution in [3.05, 3.63) is 66.0 Å². The van der Waals surface area contributed by atoms with E-state index in [-0.39, 0.29) is 12.0 Å². The number of aromatic nitrogens is 1. The van der Waals surface area contributed by atoms with Crippen LogP contribution in [0.3, 0.4) is 0 Å². The van der Waals surface area contributed by atoms with Gasteiger partial charge >= 0.3 is 0 Å². The van der Waals surface area contributed by atoms with Crippen molar-refractivity contribution in [3.8, 4) is 0 Å². The van der Waals surface area contributed by atoms with E-state index in [1.165, 1.54) is 5.56 Å². The molecular weight excluding hydrogens is 264 g/mol. The molecule has 0 radical (unpaired) electrons. The van der Waals surface area contributed by atoms with Crippen LogP contribution in [0, 0.1) is 5.92 Å². The van der Waals surface area contributed by atoms with Gasteiger partial charge in [0.15, 0.2) is 0 Å². The van der Waals surface area contributed by atoms with E-state index in [1.807, 2.05) is 18.2 Å². The maximum absolute atomic E-state index is 12.1. The highest BCUT2D eigenvalue weighted by molar-refractivity contribution is 5.93. The van der Waals surface area contributed by atoms with Crippen LogP contribution in [-0.4, -0.2) is 24.0 Å². The summed E-state index contributed by atoms with van der Waals surface area (Å²) in [5.74, 6) is 0.259. The van der Waals surface area contributed by atoms with Gasteiger partial charge in [-0.25, -0.2) is 0 Å². The van der Waals surface area contributed by atoms with E-state index in [9.17, 15) is 4.79 Å². The van der Waals surface area contributed by atoms with E-state index < -0.39 is 0 Å². The Kier molecular flexibility index (Phi) is 4.26. The summed E-state index contributed by atoms with van der Waals surface area (Å²) in [6.07, 6.45) is 4.29. The van der Waals surface area contributed by atoms with Gasteiger partial charge in [-0.3, -0.25) is 9.78 Å². The number of ether oxygens (including phenoxy) is 1. The second-order valence-corrected chi connectivity index (χ2v) is 5.20. The number of nitrogens with one attached hydrogen (secondary N) is 1. The van der Waals surface area contributed by atoms with Gasteiger partial charge < -0.3 is 10.1 Å². The van der Waals surface area contributed by atoms with Gasteiger partial charge in [0.25, 0.3) is 5.91 Å². The second kappa shape index (κ2) is 6.50. The lowest BCUT2D eigenvalue weighted by Gasteiger charge is -2.19. The summed E-state index contributed by atoms with van der Waals surface area (Å²) in [5, 5.41) is 2.99. The van der Waals surface area contributed by atoms with Crippen LogP contribution in [0.5, 0.6) is 0 Å². The fraction of sp³-hybridized carbons (Fsp3) is 0.294. The molecule has 0 bridgehead atoms. The van der Waals surface area contributed by atoms with E-state index >= 15 is 0 Å². The number of hydrogen-bond donors (Lipinski definition) is 1. The highest BCUT2D eigenvalue weighted by atomic mass is 16.5. The Balaban J connectivity index is 1.61. The number of hydrogen-bond acceptors (Lipinski definition) is 3. The van der Waals surface area contributed by atoms with Crippen molar-refractivity contribution in [2.45, 2.75) is 12.5 Å². The largest absolute Gasteiger partial charge is 0.373 e. The number of benzene rings is 1. The van der Waals surface area contributed by atoms with E-state index in [4.69, 9.17) is 4.74 Å². The lowest BCUT2D eigenvalue weighted by atomic mass is 9.95. The second-order valence-electron chi connectivity index (χ2n) is 5.20. The third-order valence-electron chi connectivity index (χ3n) is 3.81. The van der Waals surface area contributed by atoms with Crippen LogP contribution < -0.4 is 5.32 Å². The van der Waals surface area contributed by atoms with Gasteiger partial charge in [0, 0.05) is 37.0 Å². The summed E-state index contributed by atoms with van der Waals surface area (Å²) in [6, 6.07) is 13.6. The molecular formula is C17H18N2O2. The van der Waals surface area contributed by atoms with Gasteiger partial charge in [-0.1, -0.05) is 30.3 Å². The molecule has 0 spiro atoms. The van der Waals surface area contributed by atoms with Crippen LogP contribution in [0.15, 0.2) is 54.9 Å². The van der Waals surface area contributed by atoms with E-state index in [2.05, 4.69) is 22.4 Å². The number of carbonyl (C=O) groups is 1. The summed E-state index contributed by atoms with van der Waals surface area (Å²) in [6.45, 7) is 1.37. The Hall–Kier alpha value is -2.20. The van der Waals surface area contributed by atoms with Crippen molar-refractivity contribution in [3.63, 3.8) is 0 Å². The highest BCUT2D eigenvalue weighted by Gasteiger charge is 2.29. The molecule has 0 aliphatic carbocycles. The SMILES string of the molecule is O=C(NC[C@@H]1CCO[C@H]1c1ccccc1)c1ccncc1. The molecule has 1 saturated heterocycles. The van der Waals surface area contributed by atoms with Crippen LogP contribution >= 0.6 is 0 Å². The molecule has 1 aliphatic heterocycles. The van der Waals surface area contributed by atoms with Gasteiger partial charge in [0.2, 0.25) is 0 Å². The number of nitrogens with zero attached hydrogens (tertiary/aromatic N) is 1. The van der Waals surface area contributed by atoms with Crippen LogP contribution in [0.4, 0.5) is 0 Å². The fourth-order valence-electron chi connectivity index (χ4n) is 2.68. The summed E-state index contributed by atoms with van der Waals surface area (Å²) in [7, 11) is 0. The van der Waals surface area contributed by atoms with Gasteiger partial charge in [0.1, 0.15) is 0 Å². The van der Waals surface area contributed by atoms with Crippen LogP contribution in [-0.2, 0) is 4.74 Å². The molecule has 4 nitrogen and oxygen atoms in total. The molecule has 2 aromatic rings. The monoisotopic (exact) mass is 282 g/mol. The first-order valence-electron chi connectivity index (χ1n) is 7.19. The van der Waals surface area contributed by atoms with Gasteiger partial charge in [-0.05, 0) is 24.1 Å². The van der Waals surface area contributed by atoms with Crippen molar-refractivity contribution in [1.29, 1.82) is 0 Å². The third kappa shape index (κ3) is 3.28. The highest BCUT2D eigenvalue weighted by Crippen LogP contribution is 2.33. The number of amides is 1. The summed E-state index contributed by atoms with van der Waals surface area (Å²) < 4.78 is 5.83. The predicted molar refractivity (Wildman–Crippen MR) is 79.8 cm³/mol. The molecule has 1 N–H and O–H groups in total. The van der Waals surface area contributed by atoms with Crippen molar-refractivity contribution < 1.29 is 9.53 Å². The molecule has 1 amide bonds. The van der Waals surface area contributed by atoms with Gasteiger partial charge in [-0.15, -0.1) is 0 Å². The first kappa shape index (κ1) is 13.8. The molecule has 1 fully saturated rings. The zero-order chi connectivity index (χ0) is 14.5. The molecule has 108 valence electrons. The van der Waals surface area contributed by atoms with Gasteiger partial charge in [0.05, 0.1) is 6.10 Å². The maximum atomic E-state index is 12.1. The summed E-state index contributed by atoms with van der Waals surface area (Å²) in [5.41, 5.74) is 1.82. The minimum atomic E-state index is -0.0592. The quantitative estimate of drug-likeness (QED) is 0.937. The smallest absolute Gasteiger partial charge is 0.251 e. The molecule has 21 heavy (non-hydrogen) atoms. The average Bonchev–Trinajstić information content (AvgIpc) is 3.03. The zero-order valence-electron chi connectivity index (χ0n) is 11.7. The van der Waals surface area contributed by atoms with E-state index in [1.54, 1.807) is 24.5 Å². The van der Waals surface area contributed by atoms with Crippen molar-refractivity contribution in [2.24, 2.45) is 5.92 Å². The fourth-order valence-corrected chi connectivity index (χ4v) is 2.68. The van der Waals surface area contributed by atoms with Gasteiger partial charge in [-0.2, -0.15) is 0 Å². The summed E-state index contributed by atoms with van der Waals surface area (Å²) >= 11 is 0. The zero-order valence-corrected chi connectivity index (χ0v) is 11.7. The number of rotatable bonds is 4. The Morgan fingerprint density at radius 2 is 1.95 bits per heavy atom. The molecule has 1 aliphatic rings. The predicted octanol–water partition coefficient (Wildman–Crippen LogP) is 2.59. The van der Waals surface area contributed by atoms with Crippen LogP contribution in [0.1, 0.15) is 28.4 Å². The lowest BCUT2D eigenvalue weighted by molar-refractivity contribution is 0.0846. The normalized spacial score (nSPS) is 21.1. The minimum Gasteiger partial charge on any atom is -0.373 e. The number of pyridine rings is 1. The molecule has 0 saturated carbocycles. The Morgan fingerprint density at radius 1 is 1.19 bits per heavy atom. The molecule has 2 heterocycles. The molecule has 1 aromatic heterocycles. The van der Waals surface area contributed by atoms with E-state index in [0.717, 1.165) is 13.0 Å². The topological polar surface area (TPSA) is 51.2 Å². The van der Waals surface area contributed by atoms with Crippen molar-refractivity contribution in [1.82, 2.24) is 10.3 Å². The Morgan fingerprint density at radius 3 is 2.71 bits per heavy atom. The first-order chi connectivity index (χ1) is 10.3. The lowest BCUT2D eigenvalue weighted by Crippen LogP contribution is -2.30. The van der Waals surface area contributed by atoms with Crippen molar-refractivity contribution >= 4 is 5.91 Å². The molecule has 2 atom stereocenters.